The highest BCUT2D eigenvalue weighted by Crippen LogP contribution is 2.38. The van der Waals surface area contributed by atoms with E-state index in [1.807, 2.05) is 0 Å². The van der Waals surface area contributed by atoms with Gasteiger partial charge in [-0.1, -0.05) is 16.6 Å². The van der Waals surface area contributed by atoms with E-state index in [-0.39, 0.29) is 17.1 Å². The third kappa shape index (κ3) is 5.97. The van der Waals surface area contributed by atoms with Crippen LogP contribution in [0.3, 0.4) is 0 Å². The molecule has 1 aliphatic rings. The van der Waals surface area contributed by atoms with Gasteiger partial charge in [0.1, 0.15) is 12.3 Å². The van der Waals surface area contributed by atoms with Crippen LogP contribution in [0.4, 0.5) is 38.3 Å². The maximum Gasteiger partial charge on any atom is 0.573 e. The molecule has 1 aromatic carbocycles. The molecule has 2 aromatic rings. The average Bonchev–Trinajstić information content (AvgIpc) is 2.75. The van der Waals surface area contributed by atoms with E-state index in [9.17, 15) is 36.6 Å². The van der Waals surface area contributed by atoms with Crippen LogP contribution in [0.2, 0.25) is 0 Å². The number of halogens is 6. The highest BCUT2D eigenvalue weighted by atomic mass is 127. The minimum Gasteiger partial charge on any atom is -0.406 e. The smallest absolute Gasteiger partial charge is 0.406 e. The molecule has 34 heavy (non-hydrogen) atoms. The van der Waals surface area contributed by atoms with Gasteiger partial charge >= 0.3 is 16.3 Å². The van der Waals surface area contributed by atoms with Gasteiger partial charge in [-0.3, -0.25) is 9.69 Å². The average molecular weight is 600 g/mol. The fraction of sp³-hybridized carbons (Fsp3) is 0.300. The Labute approximate surface area is 199 Å². The molecule has 1 aromatic heterocycles. The van der Waals surface area contributed by atoms with E-state index in [4.69, 9.17) is 0 Å². The number of hydrogen-bond acceptors (Lipinski definition) is 5. The molecule has 184 valence electrons. The molecule has 0 spiro atoms. The van der Waals surface area contributed by atoms with Crippen LogP contribution < -0.4 is 20.3 Å². The highest BCUT2D eigenvalue weighted by Gasteiger charge is 2.44. The number of nitrogens with zero attached hydrogens (tertiary/aromatic N) is 2. The number of carbonyl (C=O) groups excluding carboxylic acids is 2. The van der Waals surface area contributed by atoms with Gasteiger partial charge in [-0.15, -0.1) is 13.2 Å². The molecule has 3 amide bonds. The normalized spacial score (nSPS) is 15.7. The quantitative estimate of drug-likeness (QED) is 0.266. The molecule has 0 saturated carbocycles. The predicted octanol–water partition coefficient (Wildman–Crippen LogP) is 3.85. The number of urea groups is 1. The van der Waals surface area contributed by atoms with Crippen molar-refractivity contribution in [3.8, 4) is 5.75 Å². The van der Waals surface area contributed by atoms with Gasteiger partial charge in [-0.25, -0.2) is 9.78 Å². The van der Waals surface area contributed by atoms with E-state index in [1.54, 1.807) is 13.0 Å². The first-order chi connectivity index (χ1) is 15.8. The molecular weight excluding hydrogens is 582 g/mol. The molecule has 0 saturated heterocycles. The lowest BCUT2D eigenvalue weighted by Crippen LogP contribution is -2.51. The summed E-state index contributed by atoms with van der Waals surface area (Å²) in [5, 5.41) is 15.2. The molecule has 14 heteroatoms. The van der Waals surface area contributed by atoms with E-state index in [2.05, 4.69) is 24.9 Å². The number of ether oxygens (including phenoxy) is 1. The molecule has 8 nitrogen and oxygen atoms in total. The van der Waals surface area contributed by atoms with Crippen molar-refractivity contribution in [2.24, 2.45) is 0 Å². The Hall–Kier alpha value is -2.88. The van der Waals surface area contributed by atoms with Crippen molar-refractivity contribution in [1.29, 1.82) is 0 Å². The summed E-state index contributed by atoms with van der Waals surface area (Å²) in [6, 6.07) is 2.52. The number of alkyl halides is 6. The Bertz CT molecular complexity index is 1100. The van der Waals surface area contributed by atoms with Crippen LogP contribution in [0.15, 0.2) is 36.5 Å². The second kappa shape index (κ2) is 9.77. The molecule has 3 rings (SSSR count). The van der Waals surface area contributed by atoms with Crippen molar-refractivity contribution in [2.45, 2.75) is 29.4 Å². The van der Waals surface area contributed by atoms with Gasteiger partial charge in [-0.05, 0) is 57.0 Å². The molecule has 3 N–H and O–H groups in total. The molecule has 2 unspecified atom stereocenters. The van der Waals surface area contributed by atoms with E-state index >= 15 is 0 Å². The van der Waals surface area contributed by atoms with Gasteiger partial charge in [-0.2, -0.15) is 8.78 Å². The number of benzene rings is 1. The third-order valence-corrected chi connectivity index (χ3v) is 6.32. The summed E-state index contributed by atoms with van der Waals surface area (Å²) >= 11 is -2.07. The van der Waals surface area contributed by atoms with Crippen LogP contribution in [0.5, 0.6) is 5.75 Å². The SMILES string of the molecule is C=IC(F)(F)C(O)C(NC(=O)N1CC(=O)Nc2cc(C)cnc21)c1ccc(OC(F)(F)F)cc1. The molecule has 2 atom stereocenters. The van der Waals surface area contributed by atoms with Gasteiger partial charge in [0, 0.05) is 6.20 Å². The van der Waals surface area contributed by atoms with Crippen molar-refractivity contribution in [2.75, 3.05) is 16.8 Å². The monoisotopic (exact) mass is 600 g/mol. The summed E-state index contributed by atoms with van der Waals surface area (Å²) in [6.07, 6.45) is -5.97. The minimum absolute atomic E-state index is 0.0567. The van der Waals surface area contributed by atoms with Gasteiger partial charge in [0.25, 0.3) is 0 Å². The number of aromatic nitrogens is 1. The van der Waals surface area contributed by atoms with Crippen molar-refractivity contribution >= 4 is 48.7 Å². The van der Waals surface area contributed by atoms with Crippen LogP contribution in [0, 0.1) is 6.92 Å². The topological polar surface area (TPSA) is 104 Å². The van der Waals surface area contributed by atoms with Gasteiger partial charge in [0.15, 0.2) is 11.9 Å². The standard InChI is InChI=1S/C20H18F5IN4O4/c1-10-7-13-17(27-8-10)30(9-14(31)28-13)18(33)29-15(16(32)19(21,22)26-2)11-3-5-12(6-4-11)34-20(23,24)25/h3-8,15-16,32H,2,9H2,1H3,(H,28,31)(H,29,33). The zero-order valence-corrected chi connectivity index (χ0v) is 19.5. The molecule has 2 heterocycles. The number of aliphatic hydroxyl groups excluding tert-OH is 1. The van der Waals surface area contributed by atoms with Crippen LogP contribution in [-0.4, -0.2) is 49.5 Å². The molecule has 0 radical (unpaired) electrons. The number of anilines is 2. The number of pyridine rings is 1. The first kappa shape index (κ1) is 25.7. The maximum atomic E-state index is 14.3. The molecule has 1 aliphatic heterocycles. The first-order valence-electron chi connectivity index (χ1n) is 9.46. The van der Waals surface area contributed by atoms with Gasteiger partial charge in [0.2, 0.25) is 5.91 Å². The fourth-order valence-corrected chi connectivity index (χ4v) is 3.96. The number of carbonyl (C=O) groups is 2. The number of nitrogens with one attached hydrogen (secondary N) is 2. The van der Waals surface area contributed by atoms with Crippen LogP contribution >= 0.6 is 20.7 Å². The lowest BCUT2D eigenvalue weighted by Gasteiger charge is -2.33. The molecule has 0 fully saturated rings. The Morgan fingerprint density at radius 3 is 2.53 bits per heavy atom. The van der Waals surface area contributed by atoms with Gasteiger partial charge in [0.05, 0.1) is 11.7 Å². The Kier molecular flexibility index (Phi) is 7.40. The van der Waals surface area contributed by atoms with Crippen molar-refractivity contribution < 1.29 is 41.4 Å². The van der Waals surface area contributed by atoms with Crippen LogP contribution in [0.1, 0.15) is 17.2 Å². The van der Waals surface area contributed by atoms with E-state index in [0.717, 1.165) is 29.2 Å². The molecular formula is C20H18F5IN4O4. The molecule has 0 aliphatic carbocycles. The number of rotatable bonds is 6. The lowest BCUT2D eigenvalue weighted by molar-refractivity contribution is -0.274. The summed E-state index contributed by atoms with van der Waals surface area (Å²) in [5.41, 5.74) is 0.798. The van der Waals surface area contributed by atoms with E-state index in [0.29, 0.717) is 5.56 Å². The van der Waals surface area contributed by atoms with E-state index < -0.39 is 67.4 Å². The summed E-state index contributed by atoms with van der Waals surface area (Å²) in [4.78, 5) is 30.1. The van der Waals surface area contributed by atoms with Crippen LogP contribution in [0.25, 0.3) is 0 Å². The molecule has 0 bridgehead atoms. The number of aryl methyl sites for hydroxylation is 1. The summed E-state index contributed by atoms with van der Waals surface area (Å²) in [7, 11) is 0. The number of amides is 3. The number of hydrogen-bond donors (Lipinski definition) is 3. The summed E-state index contributed by atoms with van der Waals surface area (Å²) < 4.78 is 69.3. The first-order valence-corrected chi connectivity index (χ1v) is 12.1. The Morgan fingerprint density at radius 1 is 1.29 bits per heavy atom. The number of aliphatic hydroxyl groups is 1. The maximum absolute atomic E-state index is 14.3. The van der Waals surface area contributed by atoms with Crippen molar-refractivity contribution in [3.63, 3.8) is 0 Å². The highest BCUT2D eigenvalue weighted by molar-refractivity contribution is 14.2. The van der Waals surface area contributed by atoms with Gasteiger partial charge < -0.3 is 20.5 Å². The zero-order valence-electron chi connectivity index (χ0n) is 17.4. The third-order valence-electron chi connectivity index (χ3n) is 4.66. The Balaban J connectivity index is 1.93. The van der Waals surface area contributed by atoms with Crippen molar-refractivity contribution in [1.82, 2.24) is 10.3 Å². The second-order valence-corrected chi connectivity index (χ2v) is 9.38. The van der Waals surface area contributed by atoms with Crippen molar-refractivity contribution in [3.05, 3.63) is 47.7 Å². The van der Waals surface area contributed by atoms with Crippen LogP contribution in [-0.2, 0) is 4.79 Å². The number of fused-ring (bicyclic) bond motifs is 1. The lowest BCUT2D eigenvalue weighted by atomic mass is 10.0. The Morgan fingerprint density at radius 2 is 1.94 bits per heavy atom. The second-order valence-electron chi connectivity index (χ2n) is 7.18. The zero-order chi connectivity index (χ0) is 25.3. The van der Waals surface area contributed by atoms with E-state index in [1.165, 1.54) is 6.20 Å². The minimum atomic E-state index is -4.96. The predicted molar refractivity (Wildman–Crippen MR) is 121 cm³/mol. The fourth-order valence-electron chi connectivity index (χ4n) is 3.15. The summed E-state index contributed by atoms with van der Waals surface area (Å²) in [5.74, 6) is -1.12. The largest absolute Gasteiger partial charge is 0.573 e. The summed E-state index contributed by atoms with van der Waals surface area (Å²) in [6.45, 7) is 1.23.